The van der Waals surface area contributed by atoms with Crippen LogP contribution in [0, 0.1) is 0 Å². The van der Waals surface area contributed by atoms with Gasteiger partial charge in [0.1, 0.15) is 11.6 Å². The zero-order chi connectivity index (χ0) is 8.10. The summed E-state index contributed by atoms with van der Waals surface area (Å²) in [5.41, 5.74) is 0. The van der Waals surface area contributed by atoms with Crippen LogP contribution >= 0.6 is 11.3 Å². The molecule has 3 nitrogen and oxygen atoms in total. The molecule has 0 amide bonds. The second kappa shape index (κ2) is 3.88. The molecule has 58 valence electrons. The fourth-order valence-corrected chi connectivity index (χ4v) is 1.29. The van der Waals surface area contributed by atoms with Crippen LogP contribution < -0.4 is 0 Å². The van der Waals surface area contributed by atoms with E-state index < -0.39 is 0 Å². The largest absolute Gasteiger partial charge is 0.462 e. The molecule has 0 N–H and O–H groups in total. The lowest BCUT2D eigenvalue weighted by Crippen LogP contribution is -1.84. The molecular formula is C7H7NO2S. The predicted octanol–water partition coefficient (Wildman–Crippen LogP) is 1.46. The summed E-state index contributed by atoms with van der Waals surface area (Å²) in [5.74, 6) is 0. The van der Waals surface area contributed by atoms with E-state index >= 15 is 0 Å². The van der Waals surface area contributed by atoms with E-state index in [1.54, 1.807) is 12.3 Å². The van der Waals surface area contributed by atoms with Crippen LogP contribution in [0.15, 0.2) is 12.8 Å². The van der Waals surface area contributed by atoms with Crippen LogP contribution in [0.3, 0.4) is 0 Å². The van der Waals surface area contributed by atoms with Crippen molar-refractivity contribution < 1.29 is 9.53 Å². The fourth-order valence-electron chi connectivity index (χ4n) is 0.600. The maximum absolute atomic E-state index is 9.80. The van der Waals surface area contributed by atoms with E-state index in [0.29, 0.717) is 13.1 Å². The Bertz CT molecular complexity index is 257. The van der Waals surface area contributed by atoms with Crippen molar-refractivity contribution in [3.8, 4) is 0 Å². The molecule has 0 spiro atoms. The number of aromatic nitrogens is 1. The lowest BCUT2D eigenvalue weighted by Gasteiger charge is -1.89. The third-order valence-corrected chi connectivity index (χ3v) is 2.01. The van der Waals surface area contributed by atoms with Crippen LogP contribution in [0.25, 0.3) is 6.08 Å². The fraction of sp³-hybridized carbons (Fsp3) is 0.143. The highest BCUT2D eigenvalue weighted by Gasteiger charge is 1.97. The van der Waals surface area contributed by atoms with Crippen molar-refractivity contribution in [2.24, 2.45) is 0 Å². The van der Waals surface area contributed by atoms with E-state index in [1.807, 2.05) is 0 Å². The molecule has 11 heavy (non-hydrogen) atoms. The minimum absolute atomic E-state index is 0.301. The summed E-state index contributed by atoms with van der Waals surface area (Å²) in [6.07, 6.45) is 3.33. The van der Waals surface area contributed by atoms with Gasteiger partial charge >= 0.3 is 0 Å². The molecule has 1 aromatic rings. The molecule has 1 rings (SSSR count). The summed E-state index contributed by atoms with van der Waals surface area (Å²) in [4.78, 5) is 14.7. The summed E-state index contributed by atoms with van der Waals surface area (Å²) in [7, 11) is 0. The minimum Gasteiger partial charge on any atom is -0.462 e. The molecule has 1 aromatic heterocycles. The second-order valence-corrected chi connectivity index (χ2v) is 2.92. The van der Waals surface area contributed by atoms with Gasteiger partial charge in [0.05, 0.1) is 4.88 Å². The molecule has 0 saturated heterocycles. The first-order chi connectivity index (χ1) is 5.36. The highest BCUT2D eigenvalue weighted by Crippen LogP contribution is 2.13. The van der Waals surface area contributed by atoms with Crippen LogP contribution in [0.1, 0.15) is 9.88 Å². The first-order valence-corrected chi connectivity index (χ1v) is 3.81. The van der Waals surface area contributed by atoms with Crippen molar-refractivity contribution in [1.29, 1.82) is 0 Å². The van der Waals surface area contributed by atoms with Gasteiger partial charge in [-0.05, 0) is 6.08 Å². The Hall–Kier alpha value is -1.16. The quantitative estimate of drug-likeness (QED) is 0.640. The second-order valence-electron chi connectivity index (χ2n) is 1.78. The first kappa shape index (κ1) is 7.94. The Morgan fingerprint density at radius 3 is 3.18 bits per heavy atom. The van der Waals surface area contributed by atoms with Crippen LogP contribution in [0.4, 0.5) is 0 Å². The Morgan fingerprint density at radius 2 is 2.64 bits per heavy atom. The standard InChI is InChI=1S/C7H7NO2S/c1-2-7-8-3-6(11-7)4-10-5-9/h2-3,5H,1,4H2. The average molecular weight is 169 g/mol. The summed E-state index contributed by atoms with van der Waals surface area (Å²) < 4.78 is 4.53. The summed E-state index contributed by atoms with van der Waals surface area (Å²) in [6.45, 7) is 4.29. The van der Waals surface area contributed by atoms with Crippen LogP contribution in [-0.2, 0) is 16.1 Å². The first-order valence-electron chi connectivity index (χ1n) is 2.99. The smallest absolute Gasteiger partial charge is 0.293 e. The number of thiazole rings is 1. The van der Waals surface area contributed by atoms with Crippen LogP contribution in [-0.4, -0.2) is 11.5 Å². The Kier molecular flexibility index (Phi) is 2.80. The van der Waals surface area contributed by atoms with E-state index in [4.69, 9.17) is 0 Å². The SMILES string of the molecule is C=Cc1ncc(COC=O)s1. The molecule has 0 aliphatic carbocycles. The number of hydrogen-bond donors (Lipinski definition) is 0. The maximum Gasteiger partial charge on any atom is 0.293 e. The molecule has 0 fully saturated rings. The Balaban J connectivity index is 2.57. The van der Waals surface area contributed by atoms with Crippen molar-refractivity contribution in [2.75, 3.05) is 0 Å². The van der Waals surface area contributed by atoms with Gasteiger partial charge in [-0.25, -0.2) is 4.98 Å². The number of nitrogens with zero attached hydrogens (tertiary/aromatic N) is 1. The molecular weight excluding hydrogens is 162 g/mol. The van der Waals surface area contributed by atoms with Crippen molar-refractivity contribution in [3.63, 3.8) is 0 Å². The Labute approximate surface area is 68.3 Å². The summed E-state index contributed by atoms with van der Waals surface area (Å²) in [6, 6.07) is 0. The molecule has 1 heterocycles. The van der Waals surface area contributed by atoms with Gasteiger partial charge in [0.2, 0.25) is 0 Å². The third-order valence-electron chi connectivity index (χ3n) is 1.04. The van der Waals surface area contributed by atoms with Crippen LogP contribution in [0.5, 0.6) is 0 Å². The highest BCUT2D eigenvalue weighted by atomic mass is 32.1. The molecule has 0 bridgehead atoms. The molecule has 0 aliphatic heterocycles. The summed E-state index contributed by atoms with van der Waals surface area (Å²) >= 11 is 1.46. The molecule has 0 saturated carbocycles. The topological polar surface area (TPSA) is 39.2 Å². The lowest BCUT2D eigenvalue weighted by atomic mass is 10.6. The van der Waals surface area contributed by atoms with E-state index in [0.717, 1.165) is 9.88 Å². The monoisotopic (exact) mass is 169 g/mol. The predicted molar refractivity (Wildman–Crippen MR) is 43.1 cm³/mol. The van der Waals surface area contributed by atoms with Gasteiger partial charge in [0, 0.05) is 6.20 Å². The number of carbonyl (C=O) groups is 1. The van der Waals surface area contributed by atoms with Gasteiger partial charge in [0.25, 0.3) is 6.47 Å². The van der Waals surface area contributed by atoms with Crippen molar-refractivity contribution in [3.05, 3.63) is 22.7 Å². The van der Waals surface area contributed by atoms with E-state index in [9.17, 15) is 4.79 Å². The molecule has 0 atom stereocenters. The number of hydrogen-bond acceptors (Lipinski definition) is 4. The normalized spacial score (nSPS) is 9.09. The van der Waals surface area contributed by atoms with E-state index in [-0.39, 0.29) is 0 Å². The highest BCUT2D eigenvalue weighted by molar-refractivity contribution is 7.12. The minimum atomic E-state index is 0.301. The van der Waals surface area contributed by atoms with Crippen LogP contribution in [0.2, 0.25) is 0 Å². The maximum atomic E-state index is 9.80. The number of carbonyl (C=O) groups excluding carboxylic acids is 1. The van der Waals surface area contributed by atoms with Crippen molar-refractivity contribution >= 4 is 23.9 Å². The van der Waals surface area contributed by atoms with Gasteiger partial charge in [-0.15, -0.1) is 11.3 Å². The number of ether oxygens (including phenoxy) is 1. The van der Waals surface area contributed by atoms with Gasteiger partial charge in [-0.3, -0.25) is 4.79 Å². The zero-order valence-electron chi connectivity index (χ0n) is 5.82. The van der Waals surface area contributed by atoms with Crippen molar-refractivity contribution in [1.82, 2.24) is 4.98 Å². The lowest BCUT2D eigenvalue weighted by molar-refractivity contribution is -0.129. The van der Waals surface area contributed by atoms with Gasteiger partial charge in [0.15, 0.2) is 0 Å². The van der Waals surface area contributed by atoms with E-state index in [1.165, 1.54) is 11.3 Å². The number of rotatable bonds is 4. The molecule has 0 aliphatic rings. The molecule has 4 heteroatoms. The van der Waals surface area contributed by atoms with E-state index in [2.05, 4.69) is 16.3 Å². The van der Waals surface area contributed by atoms with Gasteiger partial charge in [-0.2, -0.15) is 0 Å². The molecule has 0 radical (unpaired) electrons. The zero-order valence-corrected chi connectivity index (χ0v) is 6.63. The molecule has 0 aromatic carbocycles. The Morgan fingerprint density at radius 1 is 1.82 bits per heavy atom. The summed E-state index contributed by atoms with van der Waals surface area (Å²) in [5, 5.41) is 0.842. The molecule has 0 unspecified atom stereocenters. The van der Waals surface area contributed by atoms with Gasteiger partial charge < -0.3 is 4.74 Å². The van der Waals surface area contributed by atoms with Crippen molar-refractivity contribution in [2.45, 2.75) is 6.61 Å². The third kappa shape index (κ3) is 2.16. The van der Waals surface area contributed by atoms with Gasteiger partial charge in [-0.1, -0.05) is 6.58 Å². The average Bonchev–Trinajstić information content (AvgIpc) is 2.48.